The van der Waals surface area contributed by atoms with Crippen molar-refractivity contribution in [2.24, 2.45) is 0 Å². The van der Waals surface area contributed by atoms with Crippen LogP contribution in [0.4, 0.5) is 0 Å². The molecule has 0 spiro atoms. The Labute approximate surface area is 116 Å². The van der Waals surface area contributed by atoms with Gasteiger partial charge in [-0.3, -0.25) is 0 Å². The van der Waals surface area contributed by atoms with Gasteiger partial charge in [0.05, 0.1) is 11.8 Å². The van der Waals surface area contributed by atoms with Crippen molar-refractivity contribution >= 4 is 11.6 Å². The van der Waals surface area contributed by atoms with Gasteiger partial charge in [-0.25, -0.2) is 4.68 Å². The summed E-state index contributed by atoms with van der Waals surface area (Å²) in [6, 6.07) is 2.12. The average Bonchev–Trinajstić information content (AvgIpc) is 2.76. The van der Waals surface area contributed by atoms with Crippen LogP contribution in [0.5, 0.6) is 6.01 Å². The van der Waals surface area contributed by atoms with E-state index < -0.39 is 0 Å². The molecule has 7 heteroatoms. The van der Waals surface area contributed by atoms with E-state index in [4.69, 9.17) is 16.3 Å². The number of aromatic nitrogens is 5. The van der Waals surface area contributed by atoms with Gasteiger partial charge < -0.3 is 4.74 Å². The molecule has 0 aliphatic heterocycles. The number of halogens is 1. The molecule has 0 aliphatic rings. The highest BCUT2D eigenvalue weighted by Gasteiger charge is 2.11. The monoisotopic (exact) mass is 281 g/mol. The molecule has 0 aromatic carbocycles. The Morgan fingerprint density at radius 2 is 1.89 bits per heavy atom. The number of hydrogen-bond donors (Lipinski definition) is 0. The van der Waals surface area contributed by atoms with Gasteiger partial charge >= 0.3 is 6.01 Å². The van der Waals surface area contributed by atoms with Gasteiger partial charge in [-0.15, -0.1) is 0 Å². The summed E-state index contributed by atoms with van der Waals surface area (Å²) in [5.74, 6) is 0.687. The first-order valence-corrected chi connectivity index (χ1v) is 6.47. The zero-order valence-corrected chi connectivity index (χ0v) is 12.1. The second-order valence-electron chi connectivity index (χ2n) is 4.69. The molecular formula is C12H16ClN5O. The van der Waals surface area contributed by atoms with Crippen LogP contribution < -0.4 is 4.74 Å². The second-order valence-corrected chi connectivity index (χ2v) is 5.03. The van der Waals surface area contributed by atoms with Gasteiger partial charge in [0.2, 0.25) is 5.28 Å². The van der Waals surface area contributed by atoms with Crippen molar-refractivity contribution < 1.29 is 4.74 Å². The molecule has 6 nitrogen and oxygen atoms in total. The summed E-state index contributed by atoms with van der Waals surface area (Å²) in [6.07, 6.45) is 1.76. The number of ether oxygens (including phenoxy) is 1. The van der Waals surface area contributed by atoms with E-state index in [0.29, 0.717) is 11.9 Å². The van der Waals surface area contributed by atoms with Crippen LogP contribution in [-0.4, -0.2) is 30.8 Å². The summed E-state index contributed by atoms with van der Waals surface area (Å²) in [5.41, 5.74) is 0.961. The minimum absolute atomic E-state index is 0.0323. The summed E-state index contributed by atoms with van der Waals surface area (Å²) >= 11 is 5.87. The molecule has 0 unspecified atom stereocenters. The standard InChI is InChI=1S/C12H16ClN5O/c1-7(2)9-5-6-18(17-9)11-14-10(13)15-12(16-11)19-8(3)4/h5-8H,1-4H3. The third-order valence-corrected chi connectivity index (χ3v) is 2.49. The normalized spacial score (nSPS) is 11.3. The lowest BCUT2D eigenvalue weighted by Gasteiger charge is -2.08. The SMILES string of the molecule is CC(C)Oc1nc(Cl)nc(-n2ccc(C(C)C)n2)n1. The molecule has 0 bridgehead atoms. The predicted molar refractivity (Wildman–Crippen MR) is 71.8 cm³/mol. The van der Waals surface area contributed by atoms with Crippen LogP contribution in [0.15, 0.2) is 12.3 Å². The van der Waals surface area contributed by atoms with E-state index in [9.17, 15) is 0 Å². The van der Waals surface area contributed by atoms with Crippen LogP contribution >= 0.6 is 11.6 Å². The van der Waals surface area contributed by atoms with E-state index in [2.05, 4.69) is 33.9 Å². The highest BCUT2D eigenvalue weighted by molar-refractivity contribution is 6.28. The van der Waals surface area contributed by atoms with Crippen molar-refractivity contribution in [2.75, 3.05) is 0 Å². The van der Waals surface area contributed by atoms with Gasteiger partial charge in [0.1, 0.15) is 0 Å². The quantitative estimate of drug-likeness (QED) is 0.862. The second kappa shape index (κ2) is 5.52. The molecule has 0 saturated carbocycles. The van der Waals surface area contributed by atoms with E-state index in [1.165, 1.54) is 0 Å². The topological polar surface area (TPSA) is 65.7 Å². The number of rotatable bonds is 4. The third kappa shape index (κ3) is 3.41. The smallest absolute Gasteiger partial charge is 0.322 e. The fourth-order valence-electron chi connectivity index (χ4n) is 1.45. The Kier molecular flexibility index (Phi) is 3.99. The van der Waals surface area contributed by atoms with E-state index >= 15 is 0 Å². The van der Waals surface area contributed by atoms with Crippen molar-refractivity contribution in [3.63, 3.8) is 0 Å². The predicted octanol–water partition coefficient (Wildman–Crippen LogP) is 2.62. The fourth-order valence-corrected chi connectivity index (χ4v) is 1.59. The van der Waals surface area contributed by atoms with Crippen LogP contribution in [0, 0.1) is 0 Å². The number of nitrogens with zero attached hydrogens (tertiary/aromatic N) is 5. The fraction of sp³-hybridized carbons (Fsp3) is 0.500. The lowest BCUT2D eigenvalue weighted by molar-refractivity contribution is 0.221. The Morgan fingerprint density at radius 3 is 2.47 bits per heavy atom. The van der Waals surface area contributed by atoms with Gasteiger partial charge in [-0.1, -0.05) is 13.8 Å². The first-order chi connectivity index (χ1) is 8.95. The molecule has 0 atom stereocenters. The minimum atomic E-state index is -0.0323. The molecule has 2 aromatic heterocycles. The van der Waals surface area contributed by atoms with Crippen LogP contribution in [0.2, 0.25) is 5.28 Å². The summed E-state index contributed by atoms with van der Waals surface area (Å²) < 4.78 is 6.99. The Morgan fingerprint density at radius 1 is 1.16 bits per heavy atom. The van der Waals surface area contributed by atoms with Gasteiger partial charge in [0.15, 0.2) is 0 Å². The summed E-state index contributed by atoms with van der Waals surface area (Å²) in [7, 11) is 0. The highest BCUT2D eigenvalue weighted by atomic mass is 35.5. The molecule has 0 amide bonds. The molecule has 2 heterocycles. The third-order valence-electron chi connectivity index (χ3n) is 2.32. The number of hydrogen-bond acceptors (Lipinski definition) is 5. The Hall–Kier alpha value is -1.69. The summed E-state index contributed by atoms with van der Waals surface area (Å²) in [5, 5.41) is 4.48. The van der Waals surface area contributed by atoms with E-state index in [-0.39, 0.29) is 17.4 Å². The molecule has 0 radical (unpaired) electrons. The zero-order chi connectivity index (χ0) is 14.0. The van der Waals surface area contributed by atoms with Crippen LogP contribution in [-0.2, 0) is 0 Å². The van der Waals surface area contributed by atoms with Crippen molar-refractivity contribution in [3.05, 3.63) is 23.2 Å². The van der Waals surface area contributed by atoms with Crippen molar-refractivity contribution in [2.45, 2.75) is 39.7 Å². The summed E-state index contributed by atoms with van der Waals surface area (Å²) in [4.78, 5) is 12.2. The minimum Gasteiger partial charge on any atom is -0.461 e. The maximum atomic E-state index is 5.87. The molecular weight excluding hydrogens is 266 g/mol. The first kappa shape index (κ1) is 13.7. The highest BCUT2D eigenvalue weighted by Crippen LogP contribution is 2.15. The maximum absolute atomic E-state index is 5.87. The van der Waals surface area contributed by atoms with Gasteiger partial charge in [0, 0.05) is 6.20 Å². The average molecular weight is 282 g/mol. The molecule has 0 fully saturated rings. The lowest BCUT2D eigenvalue weighted by atomic mass is 10.1. The van der Waals surface area contributed by atoms with Crippen molar-refractivity contribution in [3.8, 4) is 12.0 Å². The molecule has 0 N–H and O–H groups in total. The molecule has 0 aliphatic carbocycles. The van der Waals surface area contributed by atoms with Crippen molar-refractivity contribution in [1.82, 2.24) is 24.7 Å². The van der Waals surface area contributed by atoms with E-state index in [1.807, 2.05) is 19.9 Å². The first-order valence-electron chi connectivity index (χ1n) is 6.10. The Bertz CT molecular complexity index is 567. The van der Waals surface area contributed by atoms with Crippen molar-refractivity contribution in [1.29, 1.82) is 0 Å². The maximum Gasteiger partial charge on any atom is 0.322 e. The van der Waals surface area contributed by atoms with Gasteiger partial charge in [0.25, 0.3) is 5.95 Å². The van der Waals surface area contributed by atoms with Crippen LogP contribution in [0.25, 0.3) is 5.95 Å². The Balaban J connectivity index is 2.35. The summed E-state index contributed by atoms with van der Waals surface area (Å²) in [6.45, 7) is 7.92. The van der Waals surface area contributed by atoms with Gasteiger partial charge in [-0.2, -0.15) is 20.1 Å². The molecule has 0 saturated heterocycles. The lowest BCUT2D eigenvalue weighted by Crippen LogP contribution is -2.12. The molecule has 19 heavy (non-hydrogen) atoms. The largest absolute Gasteiger partial charge is 0.461 e. The van der Waals surface area contributed by atoms with Gasteiger partial charge in [-0.05, 0) is 37.4 Å². The molecule has 102 valence electrons. The van der Waals surface area contributed by atoms with Crippen LogP contribution in [0.1, 0.15) is 39.3 Å². The molecule has 2 rings (SSSR count). The molecule has 2 aromatic rings. The van der Waals surface area contributed by atoms with E-state index in [0.717, 1.165) is 5.69 Å². The van der Waals surface area contributed by atoms with Crippen LogP contribution in [0.3, 0.4) is 0 Å². The zero-order valence-electron chi connectivity index (χ0n) is 11.3. The van der Waals surface area contributed by atoms with E-state index in [1.54, 1.807) is 10.9 Å².